The molecule has 0 saturated carbocycles. The smallest absolute Gasteiger partial charge is 0.396 e. The lowest BCUT2D eigenvalue weighted by Crippen LogP contribution is -2.36. The quantitative estimate of drug-likeness (QED) is 0.829. The molecule has 1 aliphatic carbocycles. The van der Waals surface area contributed by atoms with Crippen LogP contribution in [0.2, 0.25) is 0 Å². The molecule has 2 aliphatic rings. The van der Waals surface area contributed by atoms with Gasteiger partial charge in [-0.1, -0.05) is 12.2 Å². The highest BCUT2D eigenvalue weighted by atomic mass is 19.4. The normalized spacial score (nSPS) is 27.1. The van der Waals surface area contributed by atoms with Gasteiger partial charge in [-0.15, -0.1) is 0 Å². The molecule has 1 heterocycles. The minimum atomic E-state index is -4.30. The van der Waals surface area contributed by atoms with E-state index in [0.29, 0.717) is 6.42 Å². The molecule has 0 radical (unpaired) electrons. The Morgan fingerprint density at radius 3 is 2.81 bits per heavy atom. The monoisotopic (exact) mass is 297 g/mol. The third-order valence-electron chi connectivity index (χ3n) is 4.48. The fourth-order valence-electron chi connectivity index (χ4n) is 3.47. The standard InChI is InChI=1S/C16H18F3NO/c17-16(18,19)10-6-7-15-13(9-10)11-3-1-4-12(11)14(20-15)5-2-8-21/h1,3,6-7,9,11-12,14,20-21H,2,4-5,8H2/t11-,12+,14+/m0/s1. The first kappa shape index (κ1) is 14.4. The van der Waals surface area contributed by atoms with Crippen LogP contribution in [0.5, 0.6) is 0 Å². The molecule has 21 heavy (non-hydrogen) atoms. The van der Waals surface area contributed by atoms with Crippen molar-refractivity contribution < 1.29 is 18.3 Å². The molecule has 3 atom stereocenters. The average Bonchev–Trinajstić information content (AvgIpc) is 2.93. The third-order valence-corrected chi connectivity index (χ3v) is 4.48. The van der Waals surface area contributed by atoms with Crippen LogP contribution >= 0.6 is 0 Å². The molecule has 1 aromatic rings. The van der Waals surface area contributed by atoms with Crippen LogP contribution in [0.3, 0.4) is 0 Å². The van der Waals surface area contributed by atoms with Crippen LogP contribution in [-0.2, 0) is 6.18 Å². The summed E-state index contributed by atoms with van der Waals surface area (Å²) in [6.45, 7) is 0.142. The van der Waals surface area contributed by atoms with Gasteiger partial charge in [-0.25, -0.2) is 0 Å². The van der Waals surface area contributed by atoms with Crippen molar-refractivity contribution in [1.82, 2.24) is 0 Å². The zero-order chi connectivity index (χ0) is 15.0. The van der Waals surface area contributed by atoms with Crippen molar-refractivity contribution in [2.75, 3.05) is 11.9 Å². The molecular weight excluding hydrogens is 279 g/mol. The van der Waals surface area contributed by atoms with E-state index in [9.17, 15) is 13.2 Å². The summed E-state index contributed by atoms with van der Waals surface area (Å²) in [5, 5.41) is 12.4. The van der Waals surface area contributed by atoms with Gasteiger partial charge in [-0.2, -0.15) is 13.2 Å². The number of rotatable bonds is 3. The van der Waals surface area contributed by atoms with E-state index in [1.54, 1.807) is 0 Å². The summed E-state index contributed by atoms with van der Waals surface area (Å²) in [5.74, 6) is 0.333. The molecule has 0 aromatic heterocycles. The first-order valence-electron chi connectivity index (χ1n) is 7.26. The SMILES string of the molecule is OCCC[C@H]1Nc2ccc(C(F)(F)F)cc2[C@H]2C=CC[C@H]21. The predicted octanol–water partition coefficient (Wildman–Crippen LogP) is 3.93. The number of halogens is 3. The number of alkyl halides is 3. The van der Waals surface area contributed by atoms with Gasteiger partial charge in [0.05, 0.1) is 5.56 Å². The third kappa shape index (κ3) is 2.67. The molecule has 5 heteroatoms. The van der Waals surface area contributed by atoms with Gasteiger partial charge in [0.1, 0.15) is 0 Å². The molecule has 1 aromatic carbocycles. The molecule has 0 amide bonds. The molecule has 0 saturated heterocycles. The zero-order valence-corrected chi connectivity index (χ0v) is 11.5. The van der Waals surface area contributed by atoms with Crippen LogP contribution in [-0.4, -0.2) is 17.8 Å². The molecule has 0 spiro atoms. The van der Waals surface area contributed by atoms with Gasteiger partial charge in [-0.3, -0.25) is 0 Å². The Hall–Kier alpha value is -1.49. The van der Waals surface area contributed by atoms with E-state index < -0.39 is 11.7 Å². The van der Waals surface area contributed by atoms with Crippen LogP contribution in [0.1, 0.15) is 36.3 Å². The van der Waals surface area contributed by atoms with Gasteiger partial charge >= 0.3 is 6.18 Å². The Kier molecular flexibility index (Phi) is 3.69. The van der Waals surface area contributed by atoms with Crippen molar-refractivity contribution >= 4 is 5.69 Å². The molecule has 0 fully saturated rings. The minimum Gasteiger partial charge on any atom is -0.396 e. The number of nitrogens with one attached hydrogen (secondary N) is 1. The number of benzene rings is 1. The summed E-state index contributed by atoms with van der Waals surface area (Å²) < 4.78 is 38.6. The largest absolute Gasteiger partial charge is 0.416 e. The summed E-state index contributed by atoms with van der Waals surface area (Å²) in [6.07, 6.45) is 2.19. The van der Waals surface area contributed by atoms with Gasteiger partial charge in [-0.05, 0) is 48.9 Å². The summed E-state index contributed by atoms with van der Waals surface area (Å²) in [7, 11) is 0. The van der Waals surface area contributed by atoms with Crippen molar-refractivity contribution in [1.29, 1.82) is 0 Å². The predicted molar refractivity (Wildman–Crippen MR) is 75.2 cm³/mol. The summed E-state index contributed by atoms with van der Waals surface area (Å²) in [5.41, 5.74) is 0.943. The van der Waals surface area contributed by atoms with Crippen molar-refractivity contribution in [3.8, 4) is 0 Å². The van der Waals surface area contributed by atoms with E-state index in [1.165, 1.54) is 12.1 Å². The highest BCUT2D eigenvalue weighted by Gasteiger charge is 2.39. The second kappa shape index (κ2) is 5.37. The second-order valence-corrected chi connectivity index (χ2v) is 5.77. The number of fused-ring (bicyclic) bond motifs is 3. The molecule has 1 aliphatic heterocycles. The van der Waals surface area contributed by atoms with Crippen LogP contribution < -0.4 is 5.32 Å². The Morgan fingerprint density at radius 2 is 2.10 bits per heavy atom. The lowest BCUT2D eigenvalue weighted by Gasteiger charge is -2.37. The zero-order valence-electron chi connectivity index (χ0n) is 11.5. The Morgan fingerprint density at radius 1 is 1.29 bits per heavy atom. The van der Waals surface area contributed by atoms with Crippen molar-refractivity contribution in [3.05, 3.63) is 41.5 Å². The molecule has 114 valence electrons. The maximum absolute atomic E-state index is 12.9. The molecule has 0 unspecified atom stereocenters. The maximum Gasteiger partial charge on any atom is 0.416 e. The Balaban J connectivity index is 1.94. The van der Waals surface area contributed by atoms with Crippen LogP contribution in [0, 0.1) is 5.92 Å². The van der Waals surface area contributed by atoms with E-state index in [0.717, 1.165) is 30.2 Å². The van der Waals surface area contributed by atoms with E-state index in [2.05, 4.69) is 11.4 Å². The fraction of sp³-hybridized carbons (Fsp3) is 0.500. The van der Waals surface area contributed by atoms with E-state index in [-0.39, 0.29) is 24.5 Å². The van der Waals surface area contributed by atoms with Crippen molar-refractivity contribution in [3.63, 3.8) is 0 Å². The minimum absolute atomic E-state index is 0.0484. The summed E-state index contributed by atoms with van der Waals surface area (Å²) >= 11 is 0. The number of allylic oxidation sites excluding steroid dienone is 2. The first-order chi connectivity index (χ1) is 10.0. The van der Waals surface area contributed by atoms with Crippen LogP contribution in [0.4, 0.5) is 18.9 Å². The second-order valence-electron chi connectivity index (χ2n) is 5.77. The number of anilines is 1. The number of aliphatic hydroxyl groups excluding tert-OH is 1. The Labute approximate surface area is 121 Å². The van der Waals surface area contributed by atoms with Gasteiger partial charge in [0, 0.05) is 24.3 Å². The first-order valence-corrected chi connectivity index (χ1v) is 7.26. The van der Waals surface area contributed by atoms with Gasteiger partial charge < -0.3 is 10.4 Å². The van der Waals surface area contributed by atoms with Crippen molar-refractivity contribution in [2.45, 2.75) is 37.4 Å². The Bertz CT molecular complexity index is 553. The van der Waals surface area contributed by atoms with Gasteiger partial charge in [0.25, 0.3) is 0 Å². The summed E-state index contributed by atoms with van der Waals surface area (Å²) in [6, 6.07) is 4.15. The average molecular weight is 297 g/mol. The number of hydrogen-bond acceptors (Lipinski definition) is 2. The highest BCUT2D eigenvalue weighted by Crippen LogP contribution is 2.46. The summed E-state index contributed by atoms with van der Waals surface area (Å²) in [4.78, 5) is 0. The van der Waals surface area contributed by atoms with E-state index in [4.69, 9.17) is 5.11 Å². The fourth-order valence-corrected chi connectivity index (χ4v) is 3.47. The van der Waals surface area contributed by atoms with Crippen LogP contribution in [0.15, 0.2) is 30.4 Å². The molecular formula is C16H18F3NO. The lowest BCUT2D eigenvalue weighted by atomic mass is 9.77. The highest BCUT2D eigenvalue weighted by molar-refractivity contribution is 5.60. The van der Waals surface area contributed by atoms with Gasteiger partial charge in [0.2, 0.25) is 0 Å². The number of hydrogen-bond donors (Lipinski definition) is 2. The van der Waals surface area contributed by atoms with E-state index in [1.807, 2.05) is 6.08 Å². The number of aliphatic hydroxyl groups is 1. The molecule has 2 N–H and O–H groups in total. The van der Waals surface area contributed by atoms with Crippen molar-refractivity contribution in [2.24, 2.45) is 5.92 Å². The molecule has 0 bridgehead atoms. The van der Waals surface area contributed by atoms with E-state index >= 15 is 0 Å². The molecule has 3 rings (SSSR count). The lowest BCUT2D eigenvalue weighted by molar-refractivity contribution is -0.137. The van der Waals surface area contributed by atoms with Gasteiger partial charge in [0.15, 0.2) is 0 Å². The van der Waals surface area contributed by atoms with Crippen LogP contribution in [0.25, 0.3) is 0 Å². The maximum atomic E-state index is 12.9. The topological polar surface area (TPSA) is 32.3 Å². The molecule has 2 nitrogen and oxygen atoms in total.